The van der Waals surface area contributed by atoms with Gasteiger partial charge in [0.2, 0.25) is 0 Å². The number of hydrogen-bond donors (Lipinski definition) is 2. The average Bonchev–Trinajstić information content (AvgIpc) is 3.48. The van der Waals surface area contributed by atoms with Gasteiger partial charge in [0.1, 0.15) is 5.82 Å². The second-order valence-corrected chi connectivity index (χ2v) is 9.16. The molecule has 4 heterocycles. The van der Waals surface area contributed by atoms with Crippen molar-refractivity contribution in [1.29, 1.82) is 5.26 Å². The van der Waals surface area contributed by atoms with Crippen LogP contribution < -0.4 is 10.6 Å². The van der Waals surface area contributed by atoms with E-state index < -0.39 is 5.82 Å². The van der Waals surface area contributed by atoms with Crippen molar-refractivity contribution >= 4 is 23.8 Å². The Kier molecular flexibility index (Phi) is 6.30. The van der Waals surface area contributed by atoms with Gasteiger partial charge in [-0.3, -0.25) is 9.69 Å². The van der Waals surface area contributed by atoms with Crippen molar-refractivity contribution in [3.8, 4) is 6.07 Å². The van der Waals surface area contributed by atoms with Crippen LogP contribution in [0.2, 0.25) is 0 Å². The van der Waals surface area contributed by atoms with Gasteiger partial charge in [0.15, 0.2) is 5.82 Å². The van der Waals surface area contributed by atoms with Gasteiger partial charge >= 0.3 is 6.03 Å². The Hall–Kier alpha value is -3.65. The monoisotopic (exact) mass is 480 g/mol. The van der Waals surface area contributed by atoms with E-state index >= 15 is 4.39 Å². The first-order valence-corrected chi connectivity index (χ1v) is 11.9. The highest BCUT2D eigenvalue weighted by molar-refractivity contribution is 5.75. The maximum atomic E-state index is 15.3. The number of nitriles is 1. The number of carbonyl (C=O) groups is 1. The van der Waals surface area contributed by atoms with E-state index in [1.807, 2.05) is 11.7 Å². The van der Waals surface area contributed by atoms with Gasteiger partial charge in [-0.05, 0) is 30.5 Å². The Balaban J connectivity index is 1.50. The number of halogens is 1. The number of benzene rings is 1. The minimum absolute atomic E-state index is 0.139. The molecule has 0 bridgehead atoms. The summed E-state index contributed by atoms with van der Waals surface area (Å²) in [4.78, 5) is 14.0. The number of hydrazone groups is 1. The lowest BCUT2D eigenvalue weighted by molar-refractivity contribution is 0.0652. The molecular weight excluding hydrogens is 451 g/mol. The minimum atomic E-state index is -0.463. The third-order valence-corrected chi connectivity index (χ3v) is 6.94. The Labute approximate surface area is 203 Å². The summed E-state index contributed by atoms with van der Waals surface area (Å²) in [7, 11) is 3.45. The molecule has 1 aromatic carbocycles. The summed E-state index contributed by atoms with van der Waals surface area (Å²) in [5, 5.41) is 26.4. The molecule has 11 heteroatoms. The number of aromatic nitrogens is 2. The molecule has 5 rings (SSSR count). The van der Waals surface area contributed by atoms with Crippen molar-refractivity contribution in [2.75, 3.05) is 45.7 Å². The van der Waals surface area contributed by atoms with Crippen molar-refractivity contribution in [3.63, 3.8) is 0 Å². The quantitative estimate of drug-likeness (QED) is 0.696. The highest BCUT2D eigenvalue weighted by Gasteiger charge is 2.31. The molecule has 3 aliphatic heterocycles. The van der Waals surface area contributed by atoms with Gasteiger partial charge in [-0.25, -0.2) is 9.18 Å². The van der Waals surface area contributed by atoms with Crippen molar-refractivity contribution in [2.24, 2.45) is 5.10 Å². The van der Waals surface area contributed by atoms with E-state index in [0.29, 0.717) is 56.2 Å². The van der Waals surface area contributed by atoms with Crippen LogP contribution in [-0.2, 0) is 17.7 Å². The van der Waals surface area contributed by atoms with Crippen molar-refractivity contribution < 1.29 is 13.9 Å². The number of urea groups is 1. The summed E-state index contributed by atoms with van der Waals surface area (Å²) in [6, 6.07) is 5.19. The molecule has 2 N–H and O–H groups in total. The smallest absolute Gasteiger partial charge is 0.317 e. The Morgan fingerprint density at radius 2 is 2.11 bits per heavy atom. The molecule has 0 radical (unpaired) electrons. The molecule has 1 unspecified atom stereocenters. The van der Waals surface area contributed by atoms with E-state index in [0.717, 1.165) is 24.1 Å². The van der Waals surface area contributed by atoms with Crippen LogP contribution in [0.15, 0.2) is 17.2 Å². The Bertz CT molecular complexity index is 1200. The molecule has 1 fully saturated rings. The van der Waals surface area contributed by atoms with Crippen molar-refractivity contribution in [2.45, 2.75) is 37.8 Å². The average molecular weight is 481 g/mol. The first kappa shape index (κ1) is 23.1. The zero-order chi connectivity index (χ0) is 24.5. The molecule has 2 amide bonds. The van der Waals surface area contributed by atoms with Gasteiger partial charge in [0.25, 0.3) is 0 Å². The second kappa shape index (κ2) is 9.54. The van der Waals surface area contributed by atoms with Crippen molar-refractivity contribution in [3.05, 3.63) is 40.3 Å². The Morgan fingerprint density at radius 1 is 1.31 bits per heavy atom. The van der Waals surface area contributed by atoms with Crippen LogP contribution in [0, 0.1) is 17.1 Å². The van der Waals surface area contributed by atoms with Gasteiger partial charge in [0.05, 0.1) is 29.9 Å². The summed E-state index contributed by atoms with van der Waals surface area (Å²) < 4.78 is 22.9. The van der Waals surface area contributed by atoms with Gasteiger partial charge in [-0.15, -0.1) is 0 Å². The summed E-state index contributed by atoms with van der Waals surface area (Å²) >= 11 is 0. The molecule has 0 spiro atoms. The summed E-state index contributed by atoms with van der Waals surface area (Å²) in [6.45, 7) is 2.90. The molecule has 3 aliphatic rings. The van der Waals surface area contributed by atoms with E-state index in [2.05, 4.69) is 21.8 Å². The largest absolute Gasteiger partial charge is 0.381 e. The lowest BCUT2D eigenvalue weighted by Gasteiger charge is -2.29. The first-order valence-electron chi connectivity index (χ1n) is 11.9. The summed E-state index contributed by atoms with van der Waals surface area (Å²) in [6.07, 6.45) is 4.10. The fraction of sp³-hybridized carbons (Fsp3) is 0.500. The predicted octanol–water partition coefficient (Wildman–Crippen LogP) is 2.70. The van der Waals surface area contributed by atoms with Crippen LogP contribution in [-0.4, -0.2) is 72.3 Å². The first-order chi connectivity index (χ1) is 17.0. The zero-order valence-corrected chi connectivity index (χ0v) is 19.9. The number of carbonyl (C=O) groups excluding carboxylic acids is 1. The number of amides is 2. The van der Waals surface area contributed by atoms with Crippen LogP contribution in [0.25, 0.3) is 0 Å². The minimum Gasteiger partial charge on any atom is -0.381 e. The molecule has 1 aromatic heterocycles. The lowest BCUT2D eigenvalue weighted by atomic mass is 9.95. The molecule has 10 nitrogen and oxygen atoms in total. The molecule has 0 aliphatic carbocycles. The molecular formula is C24H29FN8O2. The highest BCUT2D eigenvalue weighted by Crippen LogP contribution is 2.35. The third-order valence-electron chi connectivity index (χ3n) is 6.94. The molecule has 184 valence electrons. The summed E-state index contributed by atoms with van der Waals surface area (Å²) in [5.41, 5.74) is 3.12. The van der Waals surface area contributed by atoms with Gasteiger partial charge in [0, 0.05) is 70.2 Å². The number of nitrogens with zero attached hydrogens (tertiary/aromatic N) is 6. The molecule has 0 saturated carbocycles. The number of nitrogens with one attached hydrogen (secondary N) is 2. The van der Waals surface area contributed by atoms with E-state index in [1.165, 1.54) is 12.1 Å². The number of fused-ring (bicyclic) bond motifs is 1. The number of rotatable bonds is 4. The van der Waals surface area contributed by atoms with Crippen LogP contribution >= 0.6 is 0 Å². The van der Waals surface area contributed by atoms with E-state index in [4.69, 9.17) is 9.84 Å². The molecule has 2 aromatic rings. The number of anilines is 2. The third kappa shape index (κ3) is 4.41. The van der Waals surface area contributed by atoms with E-state index in [9.17, 15) is 10.1 Å². The normalized spacial score (nSPS) is 20.0. The van der Waals surface area contributed by atoms with Crippen LogP contribution in [0.1, 0.15) is 47.2 Å². The van der Waals surface area contributed by atoms with Gasteiger partial charge in [-0.2, -0.15) is 15.5 Å². The number of likely N-dealkylation sites (N-methyl/N-ethyl adjacent to an activating group) is 1. The van der Waals surface area contributed by atoms with Gasteiger partial charge in [-0.1, -0.05) is 0 Å². The lowest BCUT2D eigenvalue weighted by Crippen LogP contribution is -2.41. The molecule has 1 atom stereocenters. The molecule has 1 saturated heterocycles. The molecule has 35 heavy (non-hydrogen) atoms. The number of hydrogen-bond acceptors (Lipinski definition) is 7. The maximum Gasteiger partial charge on any atom is 0.317 e. The van der Waals surface area contributed by atoms with Crippen LogP contribution in [0.3, 0.4) is 0 Å². The van der Waals surface area contributed by atoms with Gasteiger partial charge < -0.3 is 20.3 Å². The topological polar surface area (TPSA) is 111 Å². The van der Waals surface area contributed by atoms with E-state index in [1.54, 1.807) is 23.2 Å². The Morgan fingerprint density at radius 3 is 2.80 bits per heavy atom. The maximum absolute atomic E-state index is 15.3. The summed E-state index contributed by atoms with van der Waals surface area (Å²) in [5.74, 6) is -0.0899. The standard InChI is InChI=1S/C24H29FN8O2/c1-27-24(34)32-6-3-22-19(14-32)23(30-33(22)17-4-7-35-8-5-17)29-21-9-15(11-26)18(10-20(21)25)16-12-28-31(2)13-16/h9-10,12,16-17H,3-8,13-14H2,1-2H3,(H,27,34)(H,29,30). The highest BCUT2D eigenvalue weighted by atomic mass is 19.1. The van der Waals surface area contributed by atoms with Crippen LogP contribution in [0.4, 0.5) is 20.7 Å². The fourth-order valence-electron chi connectivity index (χ4n) is 5.08. The van der Waals surface area contributed by atoms with Crippen LogP contribution in [0.5, 0.6) is 0 Å². The zero-order valence-electron chi connectivity index (χ0n) is 19.9. The number of ether oxygens (including phenoxy) is 1. The SMILES string of the molecule is CNC(=O)N1CCc2c(c(Nc3cc(C#N)c(C4C=NN(C)C4)cc3F)nn2C2CCOCC2)C1. The van der Waals surface area contributed by atoms with E-state index in [-0.39, 0.29) is 23.7 Å². The predicted molar refractivity (Wildman–Crippen MR) is 128 cm³/mol. The van der Waals surface area contributed by atoms with Crippen molar-refractivity contribution in [1.82, 2.24) is 25.0 Å². The fourth-order valence-corrected chi connectivity index (χ4v) is 5.08. The second-order valence-electron chi connectivity index (χ2n) is 9.16.